The third-order valence-corrected chi connectivity index (χ3v) is 3.87. The Morgan fingerprint density at radius 1 is 1.00 bits per heavy atom. The Morgan fingerprint density at radius 2 is 1.70 bits per heavy atom. The number of fused-ring (bicyclic) bond motifs is 1. The highest BCUT2D eigenvalue weighted by Crippen LogP contribution is 2.19. The van der Waals surface area contributed by atoms with Gasteiger partial charge in [-0.25, -0.2) is 0 Å². The van der Waals surface area contributed by atoms with E-state index in [1.807, 2.05) is 18.2 Å². The van der Waals surface area contributed by atoms with E-state index in [1.54, 1.807) is 0 Å². The Bertz CT molecular complexity index is 567. The minimum Gasteiger partial charge on any atom is -0.303 e. The Kier molecular flexibility index (Phi) is 5.31. The number of ketones is 1. The fraction of sp³-hybridized carbons (Fsp3) is 0.389. The lowest BCUT2D eigenvalue weighted by Gasteiger charge is -2.17. The van der Waals surface area contributed by atoms with Gasteiger partial charge in [-0.15, -0.1) is 0 Å². The second-order valence-corrected chi connectivity index (χ2v) is 5.13. The first-order chi connectivity index (χ1) is 9.74. The normalized spacial score (nSPS) is 11.2. The van der Waals surface area contributed by atoms with Gasteiger partial charge in [0.2, 0.25) is 0 Å². The van der Waals surface area contributed by atoms with E-state index in [-0.39, 0.29) is 0 Å². The fourth-order valence-electron chi connectivity index (χ4n) is 2.57. The number of nitrogens with zero attached hydrogens (tertiary/aromatic N) is 1. The molecule has 0 spiro atoms. The second-order valence-electron chi connectivity index (χ2n) is 5.13. The van der Waals surface area contributed by atoms with Crippen molar-refractivity contribution >= 4 is 16.6 Å². The molecule has 0 saturated carbocycles. The predicted molar refractivity (Wildman–Crippen MR) is 85.1 cm³/mol. The molecular formula is C18H23NO. The lowest BCUT2D eigenvalue weighted by Crippen LogP contribution is -2.26. The molecular weight excluding hydrogens is 246 g/mol. The molecule has 0 aliphatic rings. The molecule has 0 unspecified atom stereocenters. The average molecular weight is 269 g/mol. The molecule has 0 saturated heterocycles. The van der Waals surface area contributed by atoms with Gasteiger partial charge in [-0.2, -0.15) is 0 Å². The lowest BCUT2D eigenvalue weighted by atomic mass is 9.99. The maximum Gasteiger partial charge on any atom is 0.138 e. The maximum absolute atomic E-state index is 12.2. The SMILES string of the molecule is CCN(CC)CCC(=O)Cc1cccc2ccccc12. The number of hydrogen-bond acceptors (Lipinski definition) is 2. The highest BCUT2D eigenvalue weighted by atomic mass is 16.1. The molecule has 0 N–H and O–H groups in total. The van der Waals surface area contributed by atoms with E-state index in [0.717, 1.165) is 25.2 Å². The fourth-order valence-corrected chi connectivity index (χ4v) is 2.57. The Balaban J connectivity index is 2.03. The number of hydrogen-bond donors (Lipinski definition) is 0. The molecule has 0 heterocycles. The number of benzene rings is 2. The van der Waals surface area contributed by atoms with Crippen molar-refractivity contribution in [3.8, 4) is 0 Å². The van der Waals surface area contributed by atoms with E-state index >= 15 is 0 Å². The third-order valence-electron chi connectivity index (χ3n) is 3.87. The Morgan fingerprint density at radius 3 is 2.45 bits per heavy atom. The molecule has 0 amide bonds. The van der Waals surface area contributed by atoms with E-state index in [0.29, 0.717) is 18.6 Å². The molecule has 106 valence electrons. The first-order valence-electron chi connectivity index (χ1n) is 7.45. The lowest BCUT2D eigenvalue weighted by molar-refractivity contribution is -0.118. The molecule has 2 aromatic rings. The van der Waals surface area contributed by atoms with Crippen LogP contribution in [-0.2, 0) is 11.2 Å². The van der Waals surface area contributed by atoms with E-state index in [1.165, 1.54) is 10.8 Å². The van der Waals surface area contributed by atoms with Crippen LogP contribution in [0.25, 0.3) is 10.8 Å². The Hall–Kier alpha value is -1.67. The van der Waals surface area contributed by atoms with Crippen molar-refractivity contribution in [1.82, 2.24) is 4.90 Å². The maximum atomic E-state index is 12.2. The minimum atomic E-state index is 0.327. The molecule has 2 rings (SSSR count). The van der Waals surface area contributed by atoms with Crippen molar-refractivity contribution in [3.05, 3.63) is 48.0 Å². The van der Waals surface area contributed by atoms with Crippen LogP contribution >= 0.6 is 0 Å². The zero-order valence-electron chi connectivity index (χ0n) is 12.4. The van der Waals surface area contributed by atoms with Crippen molar-refractivity contribution in [1.29, 1.82) is 0 Å². The van der Waals surface area contributed by atoms with Crippen LogP contribution < -0.4 is 0 Å². The second kappa shape index (κ2) is 7.20. The average Bonchev–Trinajstić information content (AvgIpc) is 2.49. The highest BCUT2D eigenvalue weighted by Gasteiger charge is 2.08. The van der Waals surface area contributed by atoms with Gasteiger partial charge < -0.3 is 4.90 Å². The number of rotatable bonds is 7. The molecule has 0 fully saturated rings. The summed E-state index contributed by atoms with van der Waals surface area (Å²) in [6.07, 6.45) is 1.19. The summed E-state index contributed by atoms with van der Waals surface area (Å²) in [7, 11) is 0. The zero-order chi connectivity index (χ0) is 14.4. The van der Waals surface area contributed by atoms with Gasteiger partial charge in [-0.1, -0.05) is 56.3 Å². The van der Waals surface area contributed by atoms with E-state index < -0.39 is 0 Å². The first-order valence-corrected chi connectivity index (χ1v) is 7.45. The van der Waals surface area contributed by atoms with Crippen LogP contribution in [0.15, 0.2) is 42.5 Å². The molecule has 2 aromatic carbocycles. The van der Waals surface area contributed by atoms with Gasteiger partial charge in [-0.05, 0) is 29.4 Å². The van der Waals surface area contributed by atoms with Gasteiger partial charge in [0, 0.05) is 19.4 Å². The van der Waals surface area contributed by atoms with Crippen LogP contribution in [0.3, 0.4) is 0 Å². The first kappa shape index (κ1) is 14.7. The van der Waals surface area contributed by atoms with E-state index in [4.69, 9.17) is 0 Å². The third kappa shape index (κ3) is 3.67. The van der Waals surface area contributed by atoms with E-state index in [2.05, 4.69) is 43.0 Å². The number of carbonyl (C=O) groups excluding carboxylic acids is 1. The van der Waals surface area contributed by atoms with Crippen LogP contribution in [0.2, 0.25) is 0 Å². The highest BCUT2D eigenvalue weighted by molar-refractivity contribution is 5.90. The summed E-state index contributed by atoms with van der Waals surface area (Å²) >= 11 is 0. The molecule has 0 radical (unpaired) electrons. The van der Waals surface area contributed by atoms with Gasteiger partial charge in [-0.3, -0.25) is 4.79 Å². The van der Waals surface area contributed by atoms with Crippen molar-refractivity contribution in [2.24, 2.45) is 0 Å². The standard InChI is InChI=1S/C18H23NO/c1-3-19(4-2)13-12-17(20)14-16-10-7-9-15-8-5-6-11-18(15)16/h5-11H,3-4,12-14H2,1-2H3. The largest absolute Gasteiger partial charge is 0.303 e. The summed E-state index contributed by atoms with van der Waals surface area (Å²) in [5.41, 5.74) is 1.15. The molecule has 2 heteroatoms. The summed E-state index contributed by atoms with van der Waals surface area (Å²) in [6, 6.07) is 14.5. The summed E-state index contributed by atoms with van der Waals surface area (Å²) in [5, 5.41) is 2.41. The van der Waals surface area contributed by atoms with Crippen molar-refractivity contribution in [3.63, 3.8) is 0 Å². The summed E-state index contributed by atoms with van der Waals surface area (Å²) in [6.45, 7) is 7.17. The number of carbonyl (C=O) groups is 1. The van der Waals surface area contributed by atoms with Crippen LogP contribution in [0, 0.1) is 0 Å². The van der Waals surface area contributed by atoms with Crippen molar-refractivity contribution in [2.45, 2.75) is 26.7 Å². The topological polar surface area (TPSA) is 20.3 Å². The van der Waals surface area contributed by atoms with Gasteiger partial charge in [0.25, 0.3) is 0 Å². The summed E-state index contributed by atoms with van der Waals surface area (Å²) in [5.74, 6) is 0.327. The molecule has 0 aromatic heterocycles. The van der Waals surface area contributed by atoms with Crippen molar-refractivity contribution in [2.75, 3.05) is 19.6 Å². The molecule has 0 bridgehead atoms. The smallest absolute Gasteiger partial charge is 0.138 e. The molecule has 0 aliphatic heterocycles. The van der Waals surface area contributed by atoms with Crippen LogP contribution in [0.4, 0.5) is 0 Å². The number of Topliss-reactive ketones (excluding diaryl/α,β-unsaturated/α-hetero) is 1. The van der Waals surface area contributed by atoms with Gasteiger partial charge in [0.15, 0.2) is 0 Å². The van der Waals surface area contributed by atoms with Gasteiger partial charge >= 0.3 is 0 Å². The molecule has 2 nitrogen and oxygen atoms in total. The van der Waals surface area contributed by atoms with Crippen molar-refractivity contribution < 1.29 is 4.79 Å². The Labute approximate surface area is 121 Å². The molecule has 0 aliphatic carbocycles. The quantitative estimate of drug-likeness (QED) is 0.764. The molecule has 20 heavy (non-hydrogen) atoms. The van der Waals surface area contributed by atoms with E-state index in [9.17, 15) is 4.79 Å². The summed E-state index contributed by atoms with van der Waals surface area (Å²) < 4.78 is 0. The zero-order valence-corrected chi connectivity index (χ0v) is 12.4. The summed E-state index contributed by atoms with van der Waals surface area (Å²) in [4.78, 5) is 14.5. The van der Waals surface area contributed by atoms with Crippen LogP contribution in [0.5, 0.6) is 0 Å². The van der Waals surface area contributed by atoms with Crippen LogP contribution in [0.1, 0.15) is 25.8 Å². The monoisotopic (exact) mass is 269 g/mol. The van der Waals surface area contributed by atoms with Gasteiger partial charge in [0.05, 0.1) is 0 Å². The molecule has 0 atom stereocenters. The van der Waals surface area contributed by atoms with Gasteiger partial charge in [0.1, 0.15) is 5.78 Å². The minimum absolute atomic E-state index is 0.327. The van der Waals surface area contributed by atoms with Crippen LogP contribution in [-0.4, -0.2) is 30.3 Å². The predicted octanol–water partition coefficient (Wildman–Crippen LogP) is 3.68.